The van der Waals surface area contributed by atoms with Gasteiger partial charge in [-0.2, -0.15) is 52.7 Å². The first kappa shape index (κ1) is 76.0. The van der Waals surface area contributed by atoms with E-state index in [4.69, 9.17) is 23.2 Å². The second-order valence-corrected chi connectivity index (χ2v) is 23.3. The van der Waals surface area contributed by atoms with Crippen molar-refractivity contribution in [3.63, 3.8) is 0 Å². The largest absolute Gasteiger partial charge is 0.417 e. The topological polar surface area (TPSA) is 285 Å². The van der Waals surface area contributed by atoms with Crippen LogP contribution >= 0.6 is 23.2 Å². The van der Waals surface area contributed by atoms with Gasteiger partial charge < -0.3 is 24.9 Å². The number of benzene rings is 9. The van der Waals surface area contributed by atoms with Gasteiger partial charge in [0.25, 0.3) is 33.5 Å². The molecule has 15 rings (SSSR count). The number of halogens is 16. The van der Waals surface area contributed by atoms with Crippen molar-refractivity contribution in [2.45, 2.75) is 24.7 Å². The van der Waals surface area contributed by atoms with Crippen LogP contribution in [-0.4, -0.2) is 59.7 Å². The third kappa shape index (κ3) is 17.3. The normalized spacial score (nSPS) is 11.6. The number of hydrogen-bond acceptors (Lipinski definition) is 13. The number of hydrogen-bond donors (Lipinski definition) is 5. The van der Waals surface area contributed by atoms with Crippen LogP contribution in [0.5, 0.6) is 0 Å². The van der Waals surface area contributed by atoms with Crippen molar-refractivity contribution in [2.75, 3.05) is 0 Å². The number of nitro groups is 1. The van der Waals surface area contributed by atoms with Crippen LogP contribution in [0, 0.1) is 21.7 Å². The van der Waals surface area contributed by atoms with E-state index in [1.165, 1.54) is 60.7 Å². The summed E-state index contributed by atoms with van der Waals surface area (Å²) in [4.78, 5) is 107. The molecule has 0 aliphatic carbocycles. The Morgan fingerprint density at radius 3 is 1.04 bits per heavy atom. The van der Waals surface area contributed by atoms with Gasteiger partial charge in [-0.3, -0.25) is 34.1 Å². The van der Waals surface area contributed by atoms with Gasteiger partial charge in [0.05, 0.1) is 92.3 Å². The smallest absolute Gasteiger partial charge is 0.306 e. The number of fused-ring (bicyclic) bond motifs is 5. The Bertz CT molecular complexity index is 6310. The summed E-state index contributed by atoms with van der Waals surface area (Å²) in [6.45, 7) is 0. The Kier molecular flexibility index (Phi) is 21.7. The van der Waals surface area contributed by atoms with Crippen molar-refractivity contribution in [3.05, 3.63) is 318 Å². The highest BCUT2D eigenvalue weighted by Gasteiger charge is 2.40. The van der Waals surface area contributed by atoms with Crippen molar-refractivity contribution in [3.8, 4) is 56.9 Å². The molecule has 0 fully saturated rings. The standard InChI is InChI=1S/C16H8F6N2O.2C15H8F4N2O.C14H8ClN3O3.C13H8ClN3O/c17-15(18,19)8-5-6-9(11(7-8)16(20,21)22)13-23-12-4-2-1-3-10(12)14(25)24-13;16-8-5-6-9(11(7-8)15(17,18)19)13-20-12-4-2-1-3-10(12)14(22)21-13;16-8-5-6-11(15(17,18)19)10(7-8)13-20-12-4-2-1-3-9(12)14(22)21-13;15-11-7-8(18(20)21)5-6-9(11)13-16-12-4-2-1-3-10(12)14(19)17-13;14-11-9(5-3-7-15-11)12-16-10-6-2-1-4-8(10)13(18)17-12/h1-7H,(H,23,24,25);2*1-7H,(H,20,21,22);1-7H,(H,16,17,19);1-7H,(H,16,17,18). The Morgan fingerprint density at radius 1 is 0.333 bits per heavy atom. The maximum absolute atomic E-state index is 13.3. The molecule has 0 radical (unpaired) electrons. The highest BCUT2D eigenvalue weighted by atomic mass is 35.5. The molecule has 9 aromatic carbocycles. The first-order chi connectivity index (χ1) is 51.1. The summed E-state index contributed by atoms with van der Waals surface area (Å²) < 4.78 is 183. The number of nitrogens with zero attached hydrogens (tertiary/aromatic N) is 7. The van der Waals surface area contributed by atoms with Gasteiger partial charge >= 0.3 is 24.7 Å². The summed E-state index contributed by atoms with van der Waals surface area (Å²) in [7, 11) is 0. The number of aromatic amines is 5. The van der Waals surface area contributed by atoms with E-state index < -0.39 is 97.1 Å². The first-order valence-corrected chi connectivity index (χ1v) is 31.4. The van der Waals surface area contributed by atoms with Gasteiger partial charge in [-0.05, 0) is 127 Å². The molecule has 15 aromatic rings. The third-order valence-corrected chi connectivity index (χ3v) is 16.1. The van der Waals surface area contributed by atoms with Gasteiger partial charge in [-0.25, -0.2) is 38.7 Å². The molecule has 35 heteroatoms. The molecular formula is C73H40Cl2F14N12O7. The minimum absolute atomic E-state index is 0.00448. The van der Waals surface area contributed by atoms with Crippen LogP contribution in [0.25, 0.3) is 111 Å². The lowest BCUT2D eigenvalue weighted by Gasteiger charge is -2.15. The molecule has 0 amide bonds. The first-order valence-electron chi connectivity index (χ1n) is 30.6. The molecule has 0 aliphatic heterocycles. The van der Waals surface area contributed by atoms with E-state index in [0.29, 0.717) is 80.3 Å². The Balaban J connectivity index is 0.000000135. The Morgan fingerprint density at radius 2 is 0.667 bits per heavy atom. The van der Waals surface area contributed by atoms with Crippen LogP contribution in [0.2, 0.25) is 10.2 Å². The molecule has 0 atom stereocenters. The van der Waals surface area contributed by atoms with Gasteiger partial charge in [-0.15, -0.1) is 0 Å². The number of H-pyrrole nitrogens is 5. The number of nitrogens with one attached hydrogen (secondary N) is 5. The number of non-ortho nitro benzene ring substituents is 1. The van der Waals surface area contributed by atoms with E-state index in [9.17, 15) is 95.6 Å². The SMILES string of the molecule is O=c1[nH]c(-c2cc(F)ccc2C(F)(F)F)nc2ccccc12.O=c1[nH]c(-c2ccc(C(F)(F)F)cc2C(F)(F)F)nc2ccccc12.O=c1[nH]c(-c2ccc(F)cc2C(F)(F)F)nc2ccccc12.O=c1[nH]c(-c2ccc([N+](=O)[O-])cc2Cl)nc2ccccc12.O=c1[nH]c(-c2cccnc2Cl)nc2ccccc12. The summed E-state index contributed by atoms with van der Waals surface area (Å²) >= 11 is 12.0. The minimum Gasteiger partial charge on any atom is -0.306 e. The average molecular weight is 1530 g/mol. The quantitative estimate of drug-likeness (QED) is 0.0449. The van der Waals surface area contributed by atoms with Crippen molar-refractivity contribution >= 4 is 83.4 Å². The number of pyridine rings is 1. The van der Waals surface area contributed by atoms with E-state index in [2.05, 4.69) is 54.8 Å². The molecule has 0 saturated heterocycles. The van der Waals surface area contributed by atoms with Gasteiger partial charge in [0, 0.05) is 40.6 Å². The summed E-state index contributed by atoms with van der Waals surface area (Å²) in [6.07, 6.45) is -17.8. The summed E-state index contributed by atoms with van der Waals surface area (Å²) in [5, 5.41) is 12.9. The van der Waals surface area contributed by atoms with Crippen LogP contribution in [-0.2, 0) is 24.7 Å². The molecule has 0 bridgehead atoms. The average Bonchev–Trinajstić information content (AvgIpc) is 0.782. The van der Waals surface area contributed by atoms with Crippen LogP contribution < -0.4 is 27.8 Å². The molecular weight excluding hydrogens is 1490 g/mol. The summed E-state index contributed by atoms with van der Waals surface area (Å²) in [5.41, 5.74) is -6.31. The van der Waals surface area contributed by atoms with Gasteiger partial charge in [0.15, 0.2) is 0 Å². The highest BCUT2D eigenvalue weighted by Crippen LogP contribution is 2.42. The van der Waals surface area contributed by atoms with E-state index >= 15 is 0 Å². The zero-order valence-electron chi connectivity index (χ0n) is 53.7. The number of alkyl halides is 12. The molecule has 0 unspecified atom stereocenters. The Labute approximate surface area is 602 Å². The molecule has 6 heterocycles. The molecule has 108 heavy (non-hydrogen) atoms. The van der Waals surface area contributed by atoms with E-state index in [0.717, 1.165) is 12.1 Å². The van der Waals surface area contributed by atoms with Crippen molar-refractivity contribution in [1.82, 2.24) is 54.8 Å². The van der Waals surface area contributed by atoms with Crippen molar-refractivity contribution in [1.29, 1.82) is 0 Å². The van der Waals surface area contributed by atoms with Crippen LogP contribution in [0.4, 0.5) is 67.2 Å². The monoisotopic (exact) mass is 1530 g/mol. The fraction of sp³-hybridized carbons (Fsp3) is 0.0548. The number of rotatable bonds is 6. The van der Waals surface area contributed by atoms with Crippen molar-refractivity contribution < 1.29 is 66.4 Å². The van der Waals surface area contributed by atoms with Crippen LogP contribution in [0.15, 0.2) is 236 Å². The summed E-state index contributed by atoms with van der Waals surface area (Å²) in [6, 6.07) is 45.5. The van der Waals surface area contributed by atoms with E-state index in [-0.39, 0.29) is 83.6 Å². The Hall–Kier alpha value is -13.2. The summed E-state index contributed by atoms with van der Waals surface area (Å²) in [5.74, 6) is -2.19. The molecule has 6 aromatic heterocycles. The molecule has 0 aliphatic rings. The van der Waals surface area contributed by atoms with Crippen LogP contribution in [0.3, 0.4) is 0 Å². The zero-order chi connectivity index (χ0) is 77.7. The predicted octanol–water partition coefficient (Wildman–Crippen LogP) is 17.9. The lowest BCUT2D eigenvalue weighted by Crippen LogP contribution is -2.15. The molecule has 0 saturated carbocycles. The molecule has 0 spiro atoms. The van der Waals surface area contributed by atoms with Gasteiger partial charge in [-0.1, -0.05) is 89.9 Å². The fourth-order valence-electron chi connectivity index (χ4n) is 10.5. The maximum Gasteiger partial charge on any atom is 0.417 e. The van der Waals surface area contributed by atoms with E-state index in [1.807, 2.05) is 6.07 Å². The number of aromatic nitrogens is 11. The van der Waals surface area contributed by atoms with Gasteiger partial charge in [0.2, 0.25) is 0 Å². The number of para-hydroxylation sites is 5. The van der Waals surface area contributed by atoms with Gasteiger partial charge in [0.1, 0.15) is 45.9 Å². The van der Waals surface area contributed by atoms with E-state index in [1.54, 1.807) is 91.1 Å². The molecule has 546 valence electrons. The maximum atomic E-state index is 13.3. The lowest BCUT2D eigenvalue weighted by molar-refractivity contribution is -0.384. The lowest BCUT2D eigenvalue weighted by atomic mass is 10.0. The zero-order valence-corrected chi connectivity index (χ0v) is 55.3. The highest BCUT2D eigenvalue weighted by molar-refractivity contribution is 6.33. The second-order valence-electron chi connectivity index (χ2n) is 22.6. The molecule has 19 nitrogen and oxygen atoms in total. The fourth-order valence-corrected chi connectivity index (χ4v) is 11.0. The third-order valence-electron chi connectivity index (χ3n) is 15.5. The second kappa shape index (κ2) is 30.9. The van der Waals surface area contributed by atoms with Crippen molar-refractivity contribution in [2.24, 2.45) is 0 Å². The predicted molar refractivity (Wildman–Crippen MR) is 373 cm³/mol. The van der Waals surface area contributed by atoms with Crippen LogP contribution in [0.1, 0.15) is 22.3 Å². The molecule has 5 N–H and O–H groups in total. The minimum atomic E-state index is -5.05. The number of nitro benzene ring substituents is 1.